The van der Waals surface area contributed by atoms with Crippen molar-refractivity contribution in [1.82, 2.24) is 9.89 Å². The average molecular weight is 818 g/mol. The van der Waals surface area contributed by atoms with Crippen LogP contribution in [0.3, 0.4) is 0 Å². The Hall–Kier alpha value is -5.32. The zero-order chi connectivity index (χ0) is 40.3. The van der Waals surface area contributed by atoms with Crippen LogP contribution in [-0.4, -0.2) is 56.5 Å². The van der Waals surface area contributed by atoms with Crippen molar-refractivity contribution < 1.29 is 14.3 Å². The molecule has 59 heavy (non-hydrogen) atoms. The Morgan fingerprint density at radius 1 is 0.864 bits per heavy atom. The number of anilines is 4. The van der Waals surface area contributed by atoms with Gasteiger partial charge < -0.3 is 29.4 Å². The molecule has 1 aliphatic carbocycles. The molecule has 7 nitrogen and oxygen atoms in total. The molecule has 0 saturated carbocycles. The molecule has 9 heteroatoms. The maximum absolute atomic E-state index is 12.0. The van der Waals surface area contributed by atoms with E-state index in [1.807, 2.05) is 35.7 Å². The molecule has 0 fully saturated rings. The van der Waals surface area contributed by atoms with Gasteiger partial charge in [-0.25, -0.2) is 0 Å². The van der Waals surface area contributed by atoms with Gasteiger partial charge in [-0.3, -0.25) is 0 Å². The van der Waals surface area contributed by atoms with Crippen LogP contribution in [0, 0.1) is 0 Å². The van der Waals surface area contributed by atoms with Crippen molar-refractivity contribution in [2.45, 2.75) is 47.3 Å². The molecule has 3 aliphatic heterocycles. The van der Waals surface area contributed by atoms with Crippen molar-refractivity contribution in [3.8, 4) is 22.5 Å². The first-order chi connectivity index (χ1) is 29.1. The standard InChI is InChI=1S/C50H49N4O3S2/c1-3-23-52(37-10-6-5-7-11-37)39-18-20-41-44(30-39)57-45-31-40(53(24-4-2)38-16-14-34(15-17-38)36(33-56)32-51-22-26-55)19-21-42(45)49(41)35-28-47-50-48(29-35)59-46-13-9-8-12-43(46)54(50)25-27-58-47/h5-21,28-31,33,36,51,55H,3-4,22-27,32H2,1-2H3/q+1. The topological polar surface area (TPSA) is 72.0 Å². The number of hydrogen-bond acceptors (Lipinski definition) is 8. The Labute approximate surface area is 354 Å². The number of aldehydes is 1. The van der Waals surface area contributed by atoms with Crippen LogP contribution in [0.15, 0.2) is 146 Å². The predicted molar refractivity (Wildman–Crippen MR) is 246 cm³/mol. The Bertz CT molecular complexity index is 2660. The summed E-state index contributed by atoms with van der Waals surface area (Å²) < 4.78 is 9.37. The fourth-order valence-electron chi connectivity index (χ4n) is 8.53. The summed E-state index contributed by atoms with van der Waals surface area (Å²) in [5, 5.41) is 14.5. The first-order valence-electron chi connectivity index (χ1n) is 20.7. The van der Waals surface area contributed by atoms with Crippen molar-refractivity contribution in [1.29, 1.82) is 0 Å². The molecule has 2 N–H and O–H groups in total. The molecule has 5 aromatic rings. The molecule has 0 amide bonds. The van der Waals surface area contributed by atoms with E-state index in [2.05, 4.69) is 149 Å². The van der Waals surface area contributed by atoms with Crippen LogP contribution in [0.25, 0.3) is 33.4 Å². The molecule has 4 aliphatic rings. The highest BCUT2D eigenvalue weighted by Crippen LogP contribution is 2.55. The van der Waals surface area contributed by atoms with Gasteiger partial charge in [0, 0.05) is 105 Å². The second-order valence-electron chi connectivity index (χ2n) is 15.1. The molecular weight excluding hydrogens is 769 g/mol. The summed E-state index contributed by atoms with van der Waals surface area (Å²) in [7, 11) is 0. The Balaban J connectivity index is 1.23. The van der Waals surface area contributed by atoms with Crippen LogP contribution < -0.4 is 25.0 Å². The molecule has 9 rings (SSSR count). The number of nitrogens with one attached hydrogen (secondary N) is 1. The minimum Gasteiger partial charge on any atom is -0.456 e. The summed E-state index contributed by atoms with van der Waals surface area (Å²) >= 11 is 3.83. The van der Waals surface area contributed by atoms with Crippen LogP contribution in [0.1, 0.15) is 38.2 Å². The minimum absolute atomic E-state index is 0.0399. The van der Waals surface area contributed by atoms with Gasteiger partial charge in [0.25, 0.3) is 0 Å². The molecule has 1 unspecified atom stereocenters. The van der Waals surface area contributed by atoms with Gasteiger partial charge in [-0.15, -0.1) is 11.8 Å². The average Bonchev–Trinajstić information content (AvgIpc) is 3.28. The zero-order valence-electron chi connectivity index (χ0n) is 33.6. The summed E-state index contributed by atoms with van der Waals surface area (Å²) in [6, 6.07) is 45.9. The normalized spacial score (nSPS) is 14.2. The maximum Gasteiger partial charge on any atom is 0.209 e. The van der Waals surface area contributed by atoms with Gasteiger partial charge in [0.15, 0.2) is 0 Å². The molecule has 3 heterocycles. The fourth-order valence-corrected chi connectivity index (χ4v) is 10.8. The number of carbonyl (C=O) groups is 1. The third-order valence-corrected chi connectivity index (χ3v) is 13.4. The van der Waals surface area contributed by atoms with E-state index >= 15 is 0 Å². The second kappa shape index (κ2) is 17.5. The fraction of sp³-hybridized carbons (Fsp3) is 0.240. The summed E-state index contributed by atoms with van der Waals surface area (Å²) in [6.07, 6.45) is 2.94. The Morgan fingerprint density at radius 3 is 2.47 bits per heavy atom. The van der Waals surface area contributed by atoms with E-state index in [0.717, 1.165) is 94.8 Å². The molecule has 5 aromatic carbocycles. The smallest absolute Gasteiger partial charge is 0.209 e. The number of rotatable bonds is 14. The van der Waals surface area contributed by atoms with Gasteiger partial charge in [0.2, 0.25) is 11.0 Å². The minimum atomic E-state index is -0.283. The maximum atomic E-state index is 12.0. The molecule has 0 bridgehead atoms. The van der Waals surface area contributed by atoms with Crippen LogP contribution >= 0.6 is 23.5 Å². The number of hydrogen-bond donors (Lipinski definition) is 2. The van der Waals surface area contributed by atoms with Gasteiger partial charge in [0.05, 0.1) is 30.0 Å². The van der Waals surface area contributed by atoms with Crippen molar-refractivity contribution in [2.75, 3.05) is 54.9 Å². The largest absolute Gasteiger partial charge is 0.456 e. The highest BCUT2D eigenvalue weighted by atomic mass is 32.2. The molecule has 1 atom stereocenters. The summed E-state index contributed by atoms with van der Waals surface area (Å²) in [5.41, 5.74) is 11.2. The van der Waals surface area contributed by atoms with Crippen molar-refractivity contribution in [3.63, 3.8) is 0 Å². The van der Waals surface area contributed by atoms with Crippen molar-refractivity contribution in [3.05, 3.63) is 138 Å². The highest BCUT2D eigenvalue weighted by Gasteiger charge is 2.31. The zero-order valence-corrected chi connectivity index (χ0v) is 35.2. The van der Waals surface area contributed by atoms with Crippen molar-refractivity contribution >= 4 is 69.2 Å². The van der Waals surface area contributed by atoms with Gasteiger partial charge in [-0.2, -0.15) is 4.58 Å². The lowest BCUT2D eigenvalue weighted by Crippen LogP contribution is -2.27. The first-order valence-corrected chi connectivity index (χ1v) is 22.5. The molecule has 298 valence electrons. The number of para-hydroxylation sites is 2. The lowest BCUT2D eigenvalue weighted by atomic mass is 9.93. The monoisotopic (exact) mass is 817 g/mol. The predicted octanol–water partition coefficient (Wildman–Crippen LogP) is 10.8. The Kier molecular flexibility index (Phi) is 11.6. The molecule has 0 spiro atoms. The lowest BCUT2D eigenvalue weighted by molar-refractivity contribution is -0.109. The number of nitrogens with zero attached hydrogens (tertiary/aromatic N) is 3. The first kappa shape index (κ1) is 39.2. The number of aliphatic hydroxyl groups excluding tert-OH is 1. The molecular formula is C50H49N4O3S2+. The molecule has 0 aromatic heterocycles. The van der Waals surface area contributed by atoms with Gasteiger partial charge in [-0.1, -0.05) is 68.1 Å². The summed E-state index contributed by atoms with van der Waals surface area (Å²) in [4.78, 5) is 20.8. The third-order valence-electron chi connectivity index (χ3n) is 11.3. The van der Waals surface area contributed by atoms with Crippen LogP contribution in [0.2, 0.25) is 0 Å². The number of carbonyl (C=O) groups excluding carboxylic acids is 1. The quantitative estimate of drug-likeness (QED) is 0.0487. The molecule has 0 saturated heterocycles. The number of aliphatic hydroxyl groups is 1. The number of fused-ring (bicyclic) bond motifs is 4. The van der Waals surface area contributed by atoms with E-state index in [-0.39, 0.29) is 12.5 Å². The Morgan fingerprint density at radius 2 is 1.68 bits per heavy atom. The van der Waals surface area contributed by atoms with E-state index in [1.165, 1.54) is 37.2 Å². The number of thioether (sulfide) groups is 1. The van der Waals surface area contributed by atoms with Gasteiger partial charge >= 0.3 is 0 Å². The van der Waals surface area contributed by atoms with E-state index in [0.29, 0.717) is 13.1 Å². The highest BCUT2D eigenvalue weighted by molar-refractivity contribution is 8.00. The van der Waals surface area contributed by atoms with Gasteiger partial charge in [0.1, 0.15) is 24.2 Å². The van der Waals surface area contributed by atoms with E-state index in [4.69, 9.17) is 4.42 Å². The second-order valence-corrected chi connectivity index (χ2v) is 17.4. The number of benzene rings is 6. The van der Waals surface area contributed by atoms with Crippen LogP contribution in [-0.2, 0) is 4.79 Å². The SMILES string of the molecule is CCCN(c1ccccc1)c1ccc2c(-c3cc4c5c(c3)Sc3ccccc3N5CCS4)c3ccc(=[N+](CCC)c4ccc(C(C=O)CNCCO)cc4)cc-3oc2c1. The van der Waals surface area contributed by atoms with Crippen molar-refractivity contribution in [2.24, 2.45) is 0 Å². The lowest BCUT2D eigenvalue weighted by Gasteiger charge is -2.37. The molecule has 0 radical (unpaired) electrons. The summed E-state index contributed by atoms with van der Waals surface area (Å²) in [5.74, 6) is 1.58. The third kappa shape index (κ3) is 7.69. The van der Waals surface area contributed by atoms with E-state index < -0.39 is 0 Å². The summed E-state index contributed by atoms with van der Waals surface area (Å²) in [6.45, 7) is 8.10. The van der Waals surface area contributed by atoms with E-state index in [1.54, 1.807) is 0 Å². The van der Waals surface area contributed by atoms with Crippen LogP contribution in [0.5, 0.6) is 0 Å². The van der Waals surface area contributed by atoms with E-state index in [9.17, 15) is 9.90 Å². The van der Waals surface area contributed by atoms with Gasteiger partial charge in [-0.05, 0) is 72.1 Å². The van der Waals surface area contributed by atoms with Crippen LogP contribution in [0.4, 0.5) is 28.4 Å².